The fourth-order valence-electron chi connectivity index (χ4n) is 3.04. The molecule has 25 heavy (non-hydrogen) atoms. The van der Waals surface area contributed by atoms with Gasteiger partial charge in [0.25, 0.3) is 0 Å². The Morgan fingerprint density at radius 2 is 2.04 bits per heavy atom. The first-order valence-corrected chi connectivity index (χ1v) is 10.4. The standard InChI is InChI=1S/C19H20N4S2/c1-2-7-16(8-3-1)22-19-23(21-13-15-6-4-10-20-12-15)17(14-25-19)18-9-5-11-24-18/h4-6,9-14,16H,1-3,7-8H2. The van der Waals surface area contributed by atoms with Gasteiger partial charge in [0.1, 0.15) is 0 Å². The van der Waals surface area contributed by atoms with E-state index in [2.05, 4.69) is 27.9 Å². The summed E-state index contributed by atoms with van der Waals surface area (Å²) < 4.78 is 1.98. The van der Waals surface area contributed by atoms with E-state index in [9.17, 15) is 0 Å². The van der Waals surface area contributed by atoms with Gasteiger partial charge in [-0.05, 0) is 30.4 Å². The van der Waals surface area contributed by atoms with Crippen LogP contribution >= 0.6 is 22.7 Å². The van der Waals surface area contributed by atoms with Crippen molar-refractivity contribution in [1.29, 1.82) is 0 Å². The Morgan fingerprint density at radius 1 is 1.12 bits per heavy atom. The number of thiazole rings is 1. The van der Waals surface area contributed by atoms with Gasteiger partial charge in [0.2, 0.25) is 4.80 Å². The second kappa shape index (κ2) is 7.89. The molecule has 4 nitrogen and oxygen atoms in total. The summed E-state index contributed by atoms with van der Waals surface area (Å²) >= 11 is 3.41. The molecule has 0 aromatic carbocycles. The van der Waals surface area contributed by atoms with Crippen molar-refractivity contribution in [3.8, 4) is 10.6 Å². The van der Waals surface area contributed by atoms with Crippen LogP contribution in [0.15, 0.2) is 57.5 Å². The smallest absolute Gasteiger partial charge is 0.206 e. The van der Waals surface area contributed by atoms with Gasteiger partial charge in [-0.2, -0.15) is 5.10 Å². The van der Waals surface area contributed by atoms with E-state index in [1.54, 1.807) is 28.9 Å². The molecule has 3 heterocycles. The third-order valence-electron chi connectivity index (χ3n) is 4.33. The number of pyridine rings is 1. The highest BCUT2D eigenvalue weighted by molar-refractivity contribution is 7.14. The lowest BCUT2D eigenvalue weighted by molar-refractivity contribution is 0.435. The second-order valence-corrected chi connectivity index (χ2v) is 7.93. The van der Waals surface area contributed by atoms with Crippen molar-refractivity contribution in [2.24, 2.45) is 10.1 Å². The lowest BCUT2D eigenvalue weighted by Crippen LogP contribution is -2.18. The molecule has 0 radical (unpaired) electrons. The molecule has 1 fully saturated rings. The van der Waals surface area contributed by atoms with E-state index in [4.69, 9.17) is 10.1 Å². The number of hydrogen-bond acceptors (Lipinski definition) is 5. The topological polar surface area (TPSA) is 42.5 Å². The largest absolute Gasteiger partial charge is 0.264 e. The van der Waals surface area contributed by atoms with E-state index in [1.807, 2.05) is 29.2 Å². The summed E-state index contributed by atoms with van der Waals surface area (Å²) in [7, 11) is 0. The molecule has 4 rings (SSSR count). The first-order chi connectivity index (χ1) is 12.4. The van der Waals surface area contributed by atoms with Gasteiger partial charge in [-0.3, -0.25) is 9.98 Å². The van der Waals surface area contributed by atoms with E-state index >= 15 is 0 Å². The van der Waals surface area contributed by atoms with Gasteiger partial charge in [0.05, 0.1) is 22.8 Å². The summed E-state index contributed by atoms with van der Waals surface area (Å²) in [5.41, 5.74) is 2.09. The monoisotopic (exact) mass is 368 g/mol. The zero-order valence-corrected chi connectivity index (χ0v) is 15.5. The maximum atomic E-state index is 5.02. The Morgan fingerprint density at radius 3 is 2.80 bits per heavy atom. The summed E-state index contributed by atoms with van der Waals surface area (Å²) in [5, 5.41) is 8.99. The van der Waals surface area contributed by atoms with Crippen LogP contribution in [0.3, 0.4) is 0 Å². The number of thiophene rings is 1. The first kappa shape index (κ1) is 16.4. The van der Waals surface area contributed by atoms with Crippen LogP contribution in [0.1, 0.15) is 37.7 Å². The van der Waals surface area contributed by atoms with Crippen LogP contribution in [0.25, 0.3) is 10.6 Å². The fraction of sp³-hybridized carbons (Fsp3) is 0.316. The SMILES string of the molecule is C(=Nn1c(-c2cccs2)csc1=NC1CCCCC1)c1cccnc1. The maximum absolute atomic E-state index is 5.02. The molecule has 0 spiro atoms. The number of nitrogens with zero attached hydrogens (tertiary/aromatic N) is 4. The highest BCUT2D eigenvalue weighted by Gasteiger charge is 2.14. The van der Waals surface area contributed by atoms with Crippen LogP contribution in [-0.2, 0) is 0 Å². The predicted octanol–water partition coefficient (Wildman–Crippen LogP) is 4.79. The van der Waals surface area contributed by atoms with Gasteiger partial charge < -0.3 is 0 Å². The van der Waals surface area contributed by atoms with Gasteiger partial charge in [0, 0.05) is 23.3 Å². The molecule has 1 saturated carbocycles. The number of rotatable bonds is 4. The van der Waals surface area contributed by atoms with Gasteiger partial charge in [0.15, 0.2) is 0 Å². The Labute approximate surface area is 155 Å². The van der Waals surface area contributed by atoms with Gasteiger partial charge >= 0.3 is 0 Å². The molecule has 1 aliphatic rings. The van der Waals surface area contributed by atoms with E-state index in [0.717, 1.165) is 16.1 Å². The molecule has 0 N–H and O–H groups in total. The predicted molar refractivity (Wildman–Crippen MR) is 105 cm³/mol. The molecule has 0 atom stereocenters. The number of hydrogen-bond donors (Lipinski definition) is 0. The summed E-state index contributed by atoms with van der Waals surface area (Å²) in [5.74, 6) is 0. The lowest BCUT2D eigenvalue weighted by atomic mass is 9.96. The van der Waals surface area contributed by atoms with Crippen LogP contribution < -0.4 is 4.80 Å². The normalized spacial score (nSPS) is 16.7. The fourth-order valence-corrected chi connectivity index (χ4v) is 4.74. The molecule has 0 saturated heterocycles. The van der Waals surface area contributed by atoms with Crippen LogP contribution in [0.4, 0.5) is 0 Å². The Kier molecular flexibility index (Phi) is 5.18. The van der Waals surface area contributed by atoms with Crippen molar-refractivity contribution in [3.05, 3.63) is 57.8 Å². The molecule has 0 amide bonds. The maximum Gasteiger partial charge on any atom is 0.206 e. The Balaban J connectivity index is 1.74. The van der Waals surface area contributed by atoms with E-state index in [1.165, 1.54) is 37.0 Å². The number of aromatic nitrogens is 2. The van der Waals surface area contributed by atoms with Crippen LogP contribution in [0.5, 0.6) is 0 Å². The third-order valence-corrected chi connectivity index (χ3v) is 6.06. The molecule has 0 aliphatic heterocycles. The van der Waals surface area contributed by atoms with Gasteiger partial charge in [-0.15, -0.1) is 22.7 Å². The van der Waals surface area contributed by atoms with Crippen molar-refractivity contribution in [1.82, 2.24) is 9.66 Å². The zero-order chi connectivity index (χ0) is 16.9. The summed E-state index contributed by atoms with van der Waals surface area (Å²) in [6, 6.07) is 8.57. The summed E-state index contributed by atoms with van der Waals surface area (Å²) in [6.45, 7) is 0. The zero-order valence-electron chi connectivity index (χ0n) is 13.9. The van der Waals surface area contributed by atoms with E-state index in [-0.39, 0.29) is 0 Å². The molecule has 3 aromatic rings. The quantitative estimate of drug-likeness (QED) is 0.611. The van der Waals surface area contributed by atoms with Crippen LogP contribution in [-0.4, -0.2) is 21.9 Å². The molecular formula is C19H20N4S2. The molecule has 0 bridgehead atoms. The lowest BCUT2D eigenvalue weighted by Gasteiger charge is -2.16. The second-order valence-electron chi connectivity index (χ2n) is 6.14. The summed E-state index contributed by atoms with van der Waals surface area (Å²) in [4.78, 5) is 11.4. The Bertz CT molecular complexity index is 885. The molecule has 1 aliphatic carbocycles. The van der Waals surface area contributed by atoms with Crippen molar-refractivity contribution in [2.75, 3.05) is 0 Å². The average Bonchev–Trinajstić information content (AvgIpc) is 3.31. The molecule has 3 aromatic heterocycles. The van der Waals surface area contributed by atoms with Crippen LogP contribution in [0.2, 0.25) is 0 Å². The van der Waals surface area contributed by atoms with Crippen molar-refractivity contribution in [2.45, 2.75) is 38.1 Å². The third kappa shape index (κ3) is 3.96. The molecule has 128 valence electrons. The highest BCUT2D eigenvalue weighted by atomic mass is 32.1. The van der Waals surface area contributed by atoms with E-state index < -0.39 is 0 Å². The minimum atomic E-state index is 0.434. The van der Waals surface area contributed by atoms with Crippen molar-refractivity contribution in [3.63, 3.8) is 0 Å². The van der Waals surface area contributed by atoms with Crippen LogP contribution in [0, 0.1) is 0 Å². The van der Waals surface area contributed by atoms with E-state index in [0.29, 0.717) is 6.04 Å². The molecule has 6 heteroatoms. The summed E-state index contributed by atoms with van der Waals surface area (Å²) in [6.07, 6.45) is 11.8. The highest BCUT2D eigenvalue weighted by Crippen LogP contribution is 2.26. The minimum Gasteiger partial charge on any atom is -0.264 e. The molecule has 0 unspecified atom stereocenters. The average molecular weight is 369 g/mol. The van der Waals surface area contributed by atoms with Gasteiger partial charge in [-0.1, -0.05) is 31.4 Å². The first-order valence-electron chi connectivity index (χ1n) is 8.63. The van der Waals surface area contributed by atoms with Gasteiger partial charge in [-0.25, -0.2) is 4.68 Å². The van der Waals surface area contributed by atoms with Crippen molar-refractivity contribution < 1.29 is 0 Å². The Hall–Kier alpha value is -2.05. The van der Waals surface area contributed by atoms with Crippen molar-refractivity contribution >= 4 is 28.9 Å². The molecular weight excluding hydrogens is 348 g/mol. The minimum absolute atomic E-state index is 0.434.